The van der Waals surface area contributed by atoms with Crippen LogP contribution in [0.25, 0.3) is 0 Å². The van der Waals surface area contributed by atoms with E-state index in [1.807, 2.05) is 0 Å². The maximum atomic E-state index is 11.7. The molecule has 0 aliphatic carbocycles. The molecule has 0 bridgehead atoms. The highest BCUT2D eigenvalue weighted by Gasteiger charge is 2.26. The number of carbonyl (C=O) groups excluding carboxylic acids is 3. The molecule has 0 aromatic rings. The van der Waals surface area contributed by atoms with E-state index >= 15 is 0 Å². The molecule has 1 atom stereocenters. The molecule has 1 rings (SSSR count). The molecule has 1 heterocycles. The van der Waals surface area contributed by atoms with Crippen LogP contribution in [-0.4, -0.2) is 56.0 Å². The molecule has 6 nitrogen and oxygen atoms in total. The van der Waals surface area contributed by atoms with E-state index in [-0.39, 0.29) is 25.2 Å². The van der Waals surface area contributed by atoms with Gasteiger partial charge in [0.2, 0.25) is 5.91 Å². The van der Waals surface area contributed by atoms with Crippen LogP contribution in [0.1, 0.15) is 19.3 Å². The molecule has 0 N–H and O–H groups in total. The Morgan fingerprint density at radius 2 is 2.26 bits per heavy atom. The number of hydrogen-bond donors (Lipinski definition) is 0. The number of piperidine rings is 1. The van der Waals surface area contributed by atoms with E-state index in [0.717, 1.165) is 19.1 Å². The highest BCUT2D eigenvalue weighted by Crippen LogP contribution is 2.16. The van der Waals surface area contributed by atoms with Crippen LogP contribution in [0, 0.1) is 0 Å². The van der Waals surface area contributed by atoms with Gasteiger partial charge in [-0.3, -0.25) is 4.79 Å². The van der Waals surface area contributed by atoms with E-state index in [2.05, 4.69) is 4.74 Å². The van der Waals surface area contributed by atoms with Crippen molar-refractivity contribution >= 4 is 18.2 Å². The van der Waals surface area contributed by atoms with Gasteiger partial charge in [-0.2, -0.15) is 0 Å². The Labute approximate surface area is 112 Å². The number of carbonyl (C=O) groups is 3. The van der Waals surface area contributed by atoms with Gasteiger partial charge in [0.15, 0.2) is 0 Å². The fraction of sp³-hybridized carbons (Fsp3) is 0.615. The Bertz CT molecular complexity index is 353. The number of esters is 1. The van der Waals surface area contributed by atoms with Crippen LogP contribution < -0.4 is 0 Å². The molecule has 0 aromatic carbocycles. The topological polar surface area (TPSA) is 72.9 Å². The number of ether oxygens (including phenoxy) is 2. The summed E-state index contributed by atoms with van der Waals surface area (Å²) in [7, 11) is 1.29. The maximum Gasteiger partial charge on any atom is 0.331 e. The van der Waals surface area contributed by atoms with E-state index < -0.39 is 5.97 Å². The van der Waals surface area contributed by atoms with Crippen molar-refractivity contribution in [2.45, 2.75) is 25.3 Å². The second kappa shape index (κ2) is 8.42. The van der Waals surface area contributed by atoms with Crippen LogP contribution in [0.2, 0.25) is 0 Å². The van der Waals surface area contributed by atoms with Gasteiger partial charge in [0.05, 0.1) is 19.8 Å². The summed E-state index contributed by atoms with van der Waals surface area (Å²) in [6.45, 7) is 0.563. The normalized spacial score (nSPS) is 19.7. The van der Waals surface area contributed by atoms with E-state index in [0.29, 0.717) is 13.0 Å². The van der Waals surface area contributed by atoms with Crippen molar-refractivity contribution in [2.24, 2.45) is 0 Å². The van der Waals surface area contributed by atoms with Gasteiger partial charge in [-0.25, -0.2) is 4.79 Å². The molecule has 0 aromatic heterocycles. The van der Waals surface area contributed by atoms with Crippen LogP contribution >= 0.6 is 0 Å². The third-order valence-corrected chi connectivity index (χ3v) is 2.90. The molecule has 1 unspecified atom stereocenters. The van der Waals surface area contributed by atoms with Gasteiger partial charge in [0.1, 0.15) is 12.9 Å². The molecular formula is C13H19NO5. The monoisotopic (exact) mass is 269 g/mol. The van der Waals surface area contributed by atoms with Gasteiger partial charge in [-0.05, 0) is 12.8 Å². The lowest BCUT2D eigenvalue weighted by molar-refractivity contribution is -0.145. The molecule has 0 radical (unpaired) electrons. The zero-order chi connectivity index (χ0) is 14.1. The number of amides is 1. The van der Waals surface area contributed by atoms with E-state index in [1.54, 1.807) is 17.1 Å². The van der Waals surface area contributed by atoms with Gasteiger partial charge in [-0.1, -0.05) is 12.2 Å². The number of aldehydes is 1. The Hall–Kier alpha value is -1.69. The van der Waals surface area contributed by atoms with Gasteiger partial charge in [0.25, 0.3) is 0 Å². The highest BCUT2D eigenvalue weighted by molar-refractivity contribution is 5.81. The third kappa shape index (κ3) is 5.21. The molecule has 0 saturated carbocycles. The summed E-state index contributed by atoms with van der Waals surface area (Å²) < 4.78 is 9.44. The van der Waals surface area contributed by atoms with Gasteiger partial charge >= 0.3 is 5.97 Å². The average Bonchev–Trinajstić information content (AvgIpc) is 2.43. The summed E-state index contributed by atoms with van der Waals surface area (Å²) >= 11 is 0. The molecule has 1 aliphatic heterocycles. The number of nitrogens with zero attached hydrogens (tertiary/aromatic N) is 1. The first kappa shape index (κ1) is 15.4. The summed E-state index contributed by atoms with van der Waals surface area (Å²) in [6.07, 6.45) is 6.28. The minimum absolute atomic E-state index is 0.00322. The summed E-state index contributed by atoms with van der Waals surface area (Å²) in [6, 6.07) is -0.318. The first-order valence-electron chi connectivity index (χ1n) is 6.23. The van der Waals surface area contributed by atoms with Crippen molar-refractivity contribution in [1.29, 1.82) is 0 Å². The van der Waals surface area contributed by atoms with Crippen LogP contribution in [0.4, 0.5) is 0 Å². The summed E-state index contributed by atoms with van der Waals surface area (Å²) in [5.74, 6) is -0.427. The average molecular weight is 269 g/mol. The summed E-state index contributed by atoms with van der Waals surface area (Å²) in [5, 5.41) is 0. The minimum atomic E-state index is -0.430. The van der Waals surface area contributed by atoms with E-state index in [4.69, 9.17) is 4.74 Å². The minimum Gasteiger partial charge on any atom is -0.467 e. The predicted molar refractivity (Wildman–Crippen MR) is 67.4 cm³/mol. The van der Waals surface area contributed by atoms with Gasteiger partial charge in [0, 0.05) is 13.0 Å². The molecule has 6 heteroatoms. The van der Waals surface area contributed by atoms with E-state index in [9.17, 15) is 14.4 Å². The zero-order valence-electron chi connectivity index (χ0n) is 11.0. The Kier molecular flexibility index (Phi) is 6.81. The maximum absolute atomic E-state index is 11.7. The quantitative estimate of drug-likeness (QED) is 0.288. The zero-order valence-corrected chi connectivity index (χ0v) is 11.0. The smallest absolute Gasteiger partial charge is 0.331 e. The summed E-state index contributed by atoms with van der Waals surface area (Å²) in [5.41, 5.74) is 0. The van der Waals surface area contributed by atoms with Crippen molar-refractivity contribution in [3.63, 3.8) is 0 Å². The molecule has 19 heavy (non-hydrogen) atoms. The Balaban J connectivity index is 2.27. The van der Waals surface area contributed by atoms with Crippen molar-refractivity contribution < 1.29 is 23.9 Å². The van der Waals surface area contributed by atoms with Gasteiger partial charge in [-0.15, -0.1) is 0 Å². The van der Waals surface area contributed by atoms with Crippen LogP contribution in [0.3, 0.4) is 0 Å². The standard InChI is InChI=1S/C13H19NO5/c1-18-13(17)10-19-8-3-2-7-14-11(9-15)5-4-6-12(14)16/h2-3,9,11H,4-8,10H2,1H3. The largest absolute Gasteiger partial charge is 0.467 e. The van der Waals surface area contributed by atoms with Crippen molar-refractivity contribution in [2.75, 3.05) is 26.9 Å². The third-order valence-electron chi connectivity index (χ3n) is 2.90. The van der Waals surface area contributed by atoms with Crippen LogP contribution in [0.5, 0.6) is 0 Å². The first-order chi connectivity index (χ1) is 9.19. The van der Waals surface area contributed by atoms with Crippen molar-refractivity contribution in [3.8, 4) is 0 Å². The number of hydrogen-bond acceptors (Lipinski definition) is 5. The SMILES string of the molecule is COC(=O)COCC=CCN1C(=O)CCCC1C=O. The molecule has 1 fully saturated rings. The predicted octanol–water partition coefficient (Wildman–Crippen LogP) is 0.312. The highest BCUT2D eigenvalue weighted by atomic mass is 16.6. The van der Waals surface area contributed by atoms with E-state index in [1.165, 1.54) is 7.11 Å². The second-order valence-electron chi connectivity index (χ2n) is 4.20. The molecule has 1 amide bonds. The number of likely N-dealkylation sites (tertiary alicyclic amines) is 1. The lowest BCUT2D eigenvalue weighted by atomic mass is 10.0. The lowest BCUT2D eigenvalue weighted by Gasteiger charge is -2.31. The fourth-order valence-corrected chi connectivity index (χ4v) is 1.85. The molecule has 1 aliphatic rings. The first-order valence-corrected chi connectivity index (χ1v) is 6.23. The Morgan fingerprint density at radius 3 is 2.95 bits per heavy atom. The van der Waals surface area contributed by atoms with Crippen molar-refractivity contribution in [1.82, 2.24) is 4.90 Å². The second-order valence-corrected chi connectivity index (χ2v) is 4.20. The van der Waals surface area contributed by atoms with Crippen molar-refractivity contribution in [3.05, 3.63) is 12.2 Å². The van der Waals surface area contributed by atoms with Crippen LogP contribution in [0.15, 0.2) is 12.2 Å². The molecule has 1 saturated heterocycles. The lowest BCUT2D eigenvalue weighted by Crippen LogP contribution is -2.44. The number of methoxy groups -OCH3 is 1. The van der Waals surface area contributed by atoms with Crippen LogP contribution in [-0.2, 0) is 23.9 Å². The summed E-state index contributed by atoms with van der Waals surface area (Å²) in [4.78, 5) is 34.8. The molecule has 106 valence electrons. The number of rotatable bonds is 7. The fourth-order valence-electron chi connectivity index (χ4n) is 1.85. The Morgan fingerprint density at radius 1 is 1.47 bits per heavy atom. The van der Waals surface area contributed by atoms with Gasteiger partial charge < -0.3 is 19.2 Å². The molecule has 0 spiro atoms. The molecular weight excluding hydrogens is 250 g/mol.